The summed E-state index contributed by atoms with van der Waals surface area (Å²) in [5, 5.41) is 7.68. The molecule has 0 aromatic carbocycles. The molecule has 5 rings (SSSR count). The first-order valence-electron chi connectivity index (χ1n) is 10.8. The van der Waals surface area contributed by atoms with Crippen LogP contribution in [-0.4, -0.2) is 53.1 Å². The molecule has 6 nitrogen and oxygen atoms in total. The molecule has 2 bridgehead atoms. The average Bonchev–Trinajstić information content (AvgIpc) is 3.34. The number of aromatic nitrogens is 2. The van der Waals surface area contributed by atoms with Gasteiger partial charge in [0.1, 0.15) is 6.61 Å². The summed E-state index contributed by atoms with van der Waals surface area (Å²) < 4.78 is 7.61. The SMILES string of the molecule is CCCNC(=O)OCC1CC2CCN1CC2c1cc(C2CCCC2)nn1C. The number of hydrogen-bond acceptors (Lipinski definition) is 4. The zero-order valence-electron chi connectivity index (χ0n) is 16.8. The minimum absolute atomic E-state index is 0.274. The van der Waals surface area contributed by atoms with Gasteiger partial charge in [0, 0.05) is 43.7 Å². The van der Waals surface area contributed by atoms with Gasteiger partial charge in [-0.15, -0.1) is 0 Å². The first-order chi connectivity index (χ1) is 13.2. The number of rotatable bonds is 6. The van der Waals surface area contributed by atoms with Crippen LogP contribution in [0.5, 0.6) is 0 Å². The number of hydrogen-bond donors (Lipinski definition) is 1. The van der Waals surface area contributed by atoms with Gasteiger partial charge in [0.25, 0.3) is 0 Å². The Kier molecular flexibility index (Phi) is 5.71. The Balaban J connectivity index is 1.37. The van der Waals surface area contributed by atoms with Crippen molar-refractivity contribution in [2.45, 2.75) is 69.7 Å². The molecule has 4 aliphatic rings. The number of ether oxygens (including phenoxy) is 1. The monoisotopic (exact) mass is 374 g/mol. The first-order valence-corrected chi connectivity index (χ1v) is 10.8. The molecular weight excluding hydrogens is 340 g/mol. The lowest BCUT2D eigenvalue weighted by molar-refractivity contribution is -0.00415. The first kappa shape index (κ1) is 18.8. The Hall–Kier alpha value is -1.56. The molecule has 4 fully saturated rings. The summed E-state index contributed by atoms with van der Waals surface area (Å²) in [4.78, 5) is 14.3. The highest BCUT2D eigenvalue weighted by Gasteiger charge is 2.42. The van der Waals surface area contributed by atoms with Gasteiger partial charge < -0.3 is 10.1 Å². The number of alkyl carbamates (subject to hydrolysis) is 1. The van der Waals surface area contributed by atoms with Gasteiger partial charge >= 0.3 is 6.09 Å². The molecule has 0 radical (unpaired) electrons. The van der Waals surface area contributed by atoms with Crippen molar-refractivity contribution in [2.75, 3.05) is 26.2 Å². The van der Waals surface area contributed by atoms with Crippen LogP contribution in [0.2, 0.25) is 0 Å². The van der Waals surface area contributed by atoms with E-state index in [1.165, 1.54) is 43.5 Å². The number of nitrogens with zero attached hydrogens (tertiary/aromatic N) is 3. The number of carbonyl (C=O) groups excluding carboxylic acids is 1. The second-order valence-corrected chi connectivity index (χ2v) is 8.66. The lowest BCUT2D eigenvalue weighted by Crippen LogP contribution is -2.54. The van der Waals surface area contributed by atoms with E-state index >= 15 is 0 Å². The largest absolute Gasteiger partial charge is 0.448 e. The Morgan fingerprint density at radius 1 is 1.33 bits per heavy atom. The quantitative estimate of drug-likeness (QED) is 0.829. The van der Waals surface area contributed by atoms with Crippen LogP contribution in [-0.2, 0) is 11.8 Å². The van der Waals surface area contributed by atoms with Crippen LogP contribution in [0, 0.1) is 5.92 Å². The smallest absolute Gasteiger partial charge is 0.407 e. The maximum Gasteiger partial charge on any atom is 0.407 e. The van der Waals surface area contributed by atoms with Crippen LogP contribution in [0.25, 0.3) is 0 Å². The predicted molar refractivity (Wildman–Crippen MR) is 105 cm³/mol. The summed E-state index contributed by atoms with van der Waals surface area (Å²) in [6, 6.07) is 2.77. The average molecular weight is 375 g/mol. The number of aryl methyl sites for hydroxylation is 1. The summed E-state index contributed by atoms with van der Waals surface area (Å²) in [7, 11) is 2.12. The Labute approximate surface area is 162 Å². The number of fused-ring (bicyclic) bond motifs is 3. The topological polar surface area (TPSA) is 59.4 Å². The third-order valence-electron chi connectivity index (χ3n) is 6.89. The standard InChI is InChI=1S/C21H34N4O2/c1-3-9-22-21(26)27-14-17-11-16-8-10-25(17)13-18(16)20-12-19(23-24(20)2)15-6-4-5-7-15/h12,15-18H,3-11,13-14H2,1-2H3,(H,22,26). The van der Waals surface area contributed by atoms with Gasteiger partial charge in [0.15, 0.2) is 0 Å². The fourth-order valence-electron chi connectivity index (χ4n) is 5.37. The van der Waals surface area contributed by atoms with E-state index in [9.17, 15) is 4.79 Å². The van der Waals surface area contributed by atoms with Gasteiger partial charge in [-0.25, -0.2) is 4.79 Å². The molecule has 6 heteroatoms. The fourth-order valence-corrected chi connectivity index (χ4v) is 5.37. The van der Waals surface area contributed by atoms with Crippen LogP contribution in [0.15, 0.2) is 6.07 Å². The van der Waals surface area contributed by atoms with Crippen molar-refractivity contribution in [3.63, 3.8) is 0 Å². The zero-order chi connectivity index (χ0) is 18.8. The highest BCUT2D eigenvalue weighted by molar-refractivity contribution is 5.67. The van der Waals surface area contributed by atoms with Crippen molar-refractivity contribution in [3.8, 4) is 0 Å². The van der Waals surface area contributed by atoms with Gasteiger partial charge in [-0.1, -0.05) is 19.8 Å². The van der Waals surface area contributed by atoms with E-state index in [1.807, 2.05) is 6.92 Å². The molecule has 1 aromatic rings. The highest BCUT2D eigenvalue weighted by Crippen LogP contribution is 2.43. The zero-order valence-corrected chi connectivity index (χ0v) is 16.8. The van der Waals surface area contributed by atoms with Gasteiger partial charge in [-0.2, -0.15) is 5.10 Å². The summed E-state index contributed by atoms with van der Waals surface area (Å²) in [6.07, 6.45) is 8.33. The molecule has 3 aliphatic heterocycles. The second-order valence-electron chi connectivity index (χ2n) is 8.66. The minimum Gasteiger partial charge on any atom is -0.448 e. The van der Waals surface area contributed by atoms with E-state index in [2.05, 4.69) is 28.0 Å². The Bertz CT molecular complexity index is 653. The van der Waals surface area contributed by atoms with Gasteiger partial charge in [0.2, 0.25) is 0 Å². The molecule has 1 aromatic heterocycles. The van der Waals surface area contributed by atoms with Crippen LogP contribution in [0.1, 0.15) is 75.1 Å². The molecule has 4 atom stereocenters. The molecule has 1 N–H and O–H groups in total. The second kappa shape index (κ2) is 8.21. The van der Waals surface area contributed by atoms with Crippen molar-refractivity contribution in [3.05, 3.63) is 17.5 Å². The van der Waals surface area contributed by atoms with E-state index in [0.717, 1.165) is 25.9 Å². The van der Waals surface area contributed by atoms with Crippen molar-refractivity contribution in [1.82, 2.24) is 20.0 Å². The number of amides is 1. The minimum atomic E-state index is -0.274. The maximum atomic E-state index is 11.7. The van der Waals surface area contributed by atoms with Crippen LogP contribution < -0.4 is 5.32 Å². The van der Waals surface area contributed by atoms with Crippen molar-refractivity contribution < 1.29 is 9.53 Å². The third kappa shape index (κ3) is 4.00. The van der Waals surface area contributed by atoms with E-state index in [4.69, 9.17) is 9.84 Å². The van der Waals surface area contributed by atoms with Crippen LogP contribution in [0.3, 0.4) is 0 Å². The normalized spacial score (nSPS) is 30.6. The van der Waals surface area contributed by atoms with Crippen molar-refractivity contribution >= 4 is 6.09 Å². The summed E-state index contributed by atoms with van der Waals surface area (Å²) in [5.41, 5.74) is 2.72. The Morgan fingerprint density at radius 3 is 2.85 bits per heavy atom. The van der Waals surface area contributed by atoms with Crippen LogP contribution >= 0.6 is 0 Å². The molecular formula is C21H34N4O2. The maximum absolute atomic E-state index is 11.7. The molecule has 1 aliphatic carbocycles. The lowest BCUT2D eigenvalue weighted by atomic mass is 9.74. The third-order valence-corrected chi connectivity index (χ3v) is 6.89. The van der Waals surface area contributed by atoms with Crippen LogP contribution in [0.4, 0.5) is 4.79 Å². The number of nitrogens with one attached hydrogen (secondary N) is 1. The highest BCUT2D eigenvalue weighted by atomic mass is 16.5. The molecule has 150 valence electrons. The summed E-state index contributed by atoms with van der Waals surface area (Å²) >= 11 is 0. The molecule has 3 saturated heterocycles. The molecule has 4 heterocycles. The molecule has 0 spiro atoms. The van der Waals surface area contributed by atoms with E-state index < -0.39 is 0 Å². The lowest BCUT2D eigenvalue weighted by Gasteiger charge is -2.49. The van der Waals surface area contributed by atoms with Crippen molar-refractivity contribution in [2.24, 2.45) is 13.0 Å². The molecule has 1 amide bonds. The van der Waals surface area contributed by atoms with E-state index in [1.54, 1.807) is 0 Å². The number of piperidine rings is 3. The summed E-state index contributed by atoms with van der Waals surface area (Å²) in [5.74, 6) is 1.92. The van der Waals surface area contributed by atoms with Gasteiger partial charge in [0.05, 0.1) is 5.69 Å². The van der Waals surface area contributed by atoms with E-state index in [0.29, 0.717) is 36.9 Å². The number of carbonyl (C=O) groups is 1. The molecule has 4 unspecified atom stereocenters. The van der Waals surface area contributed by atoms with Crippen molar-refractivity contribution in [1.29, 1.82) is 0 Å². The Morgan fingerprint density at radius 2 is 2.15 bits per heavy atom. The van der Waals surface area contributed by atoms with E-state index in [-0.39, 0.29) is 6.09 Å². The molecule has 27 heavy (non-hydrogen) atoms. The molecule has 1 saturated carbocycles. The fraction of sp³-hybridized carbons (Fsp3) is 0.810. The summed E-state index contributed by atoms with van der Waals surface area (Å²) in [6.45, 7) is 5.43. The predicted octanol–water partition coefficient (Wildman–Crippen LogP) is 3.39. The van der Waals surface area contributed by atoms with Gasteiger partial charge in [-0.3, -0.25) is 9.58 Å². The van der Waals surface area contributed by atoms with Gasteiger partial charge in [-0.05, 0) is 50.6 Å².